The molecular formula is C13H20N2O3. The van der Waals surface area contributed by atoms with E-state index in [-0.39, 0.29) is 12.6 Å². The lowest BCUT2D eigenvalue weighted by Gasteiger charge is -2.34. The number of rotatable bonds is 5. The molecule has 0 atom stereocenters. The molecule has 0 aliphatic rings. The normalized spacial score (nSPS) is 11.2. The number of hydrogen-bond donors (Lipinski definition) is 1. The summed E-state index contributed by atoms with van der Waals surface area (Å²) in [4.78, 5) is 17.5. The van der Waals surface area contributed by atoms with Crippen molar-refractivity contribution in [3.8, 4) is 0 Å². The molecule has 0 saturated heterocycles. The van der Waals surface area contributed by atoms with E-state index in [1.54, 1.807) is 19.1 Å². The van der Waals surface area contributed by atoms with E-state index in [2.05, 4.69) is 4.98 Å². The van der Waals surface area contributed by atoms with Gasteiger partial charge in [0, 0.05) is 13.2 Å². The van der Waals surface area contributed by atoms with Gasteiger partial charge in [-0.05, 0) is 32.9 Å². The van der Waals surface area contributed by atoms with Crippen molar-refractivity contribution in [3.63, 3.8) is 0 Å². The Kier molecular flexibility index (Phi) is 4.67. The van der Waals surface area contributed by atoms with Crippen molar-refractivity contribution in [2.24, 2.45) is 0 Å². The van der Waals surface area contributed by atoms with Crippen LogP contribution in [0.4, 0.5) is 5.82 Å². The minimum absolute atomic E-state index is 0.0187. The maximum absolute atomic E-state index is 11.5. The van der Waals surface area contributed by atoms with E-state index >= 15 is 0 Å². The van der Waals surface area contributed by atoms with Crippen LogP contribution in [-0.4, -0.2) is 41.9 Å². The second-order valence-corrected chi connectivity index (χ2v) is 4.66. The van der Waals surface area contributed by atoms with Crippen LogP contribution in [0.2, 0.25) is 0 Å². The van der Waals surface area contributed by atoms with Crippen LogP contribution < -0.4 is 4.90 Å². The van der Waals surface area contributed by atoms with Gasteiger partial charge in [-0.1, -0.05) is 0 Å². The fraction of sp³-hybridized carbons (Fsp3) is 0.538. The summed E-state index contributed by atoms with van der Waals surface area (Å²) in [6.45, 7) is 5.95. The molecule has 0 aliphatic carbocycles. The van der Waals surface area contributed by atoms with E-state index in [1.165, 1.54) is 6.20 Å². The third kappa shape index (κ3) is 3.20. The van der Waals surface area contributed by atoms with Crippen LogP contribution in [0.1, 0.15) is 31.1 Å². The number of aliphatic hydroxyl groups excluding tert-OH is 1. The van der Waals surface area contributed by atoms with Crippen molar-refractivity contribution in [1.29, 1.82) is 0 Å². The Morgan fingerprint density at radius 3 is 2.61 bits per heavy atom. The smallest absolute Gasteiger partial charge is 0.339 e. The van der Waals surface area contributed by atoms with Gasteiger partial charge < -0.3 is 14.7 Å². The molecule has 0 saturated carbocycles. The van der Waals surface area contributed by atoms with Crippen molar-refractivity contribution >= 4 is 11.8 Å². The number of anilines is 1. The van der Waals surface area contributed by atoms with Gasteiger partial charge in [0.1, 0.15) is 5.82 Å². The first-order valence-electron chi connectivity index (χ1n) is 5.90. The predicted octanol–water partition coefficient (Wildman–Crippen LogP) is 1.47. The van der Waals surface area contributed by atoms with E-state index in [0.717, 1.165) is 0 Å². The Hall–Kier alpha value is -1.62. The third-order valence-corrected chi connectivity index (χ3v) is 2.90. The first-order valence-corrected chi connectivity index (χ1v) is 5.90. The summed E-state index contributed by atoms with van der Waals surface area (Å²) in [6, 6.07) is 3.41. The summed E-state index contributed by atoms with van der Waals surface area (Å²) < 4.78 is 4.88. The molecule has 1 rings (SSSR count). The van der Waals surface area contributed by atoms with E-state index in [9.17, 15) is 9.90 Å². The number of carbonyl (C=O) groups is 1. The van der Waals surface area contributed by atoms with Crippen molar-refractivity contribution in [1.82, 2.24) is 4.98 Å². The lowest BCUT2D eigenvalue weighted by atomic mass is 10.1. The number of carbonyl (C=O) groups excluding carboxylic acids is 1. The molecule has 5 heteroatoms. The molecule has 0 spiro atoms. The molecule has 1 heterocycles. The Morgan fingerprint density at radius 2 is 2.17 bits per heavy atom. The lowest BCUT2D eigenvalue weighted by molar-refractivity contribution is 0.0526. The molecule has 0 amide bonds. The van der Waals surface area contributed by atoms with Gasteiger partial charge in [0.25, 0.3) is 0 Å². The van der Waals surface area contributed by atoms with Gasteiger partial charge >= 0.3 is 5.97 Å². The van der Waals surface area contributed by atoms with Gasteiger partial charge in [0.15, 0.2) is 0 Å². The topological polar surface area (TPSA) is 62.7 Å². The molecule has 100 valence electrons. The van der Waals surface area contributed by atoms with Gasteiger partial charge in [-0.15, -0.1) is 0 Å². The molecule has 0 radical (unpaired) electrons. The first-order chi connectivity index (χ1) is 8.42. The SMILES string of the molecule is CCOC(=O)c1ccc(N(C)C(C)(C)CO)nc1. The number of ether oxygens (including phenoxy) is 1. The Balaban J connectivity index is 2.86. The first kappa shape index (κ1) is 14.4. The predicted molar refractivity (Wildman–Crippen MR) is 69.8 cm³/mol. The monoisotopic (exact) mass is 252 g/mol. The molecule has 0 aromatic carbocycles. The van der Waals surface area contributed by atoms with E-state index in [0.29, 0.717) is 18.0 Å². The molecule has 0 bridgehead atoms. The van der Waals surface area contributed by atoms with Crippen molar-refractivity contribution < 1.29 is 14.6 Å². The van der Waals surface area contributed by atoms with Crippen molar-refractivity contribution in [3.05, 3.63) is 23.9 Å². The molecule has 5 nitrogen and oxygen atoms in total. The largest absolute Gasteiger partial charge is 0.462 e. The number of nitrogens with zero attached hydrogens (tertiary/aromatic N) is 2. The summed E-state index contributed by atoms with van der Waals surface area (Å²) in [7, 11) is 1.85. The van der Waals surface area contributed by atoms with Gasteiger partial charge in [-0.3, -0.25) is 0 Å². The summed E-state index contributed by atoms with van der Waals surface area (Å²) in [5.74, 6) is 0.322. The second kappa shape index (κ2) is 5.82. The zero-order valence-electron chi connectivity index (χ0n) is 11.3. The molecule has 0 unspecified atom stereocenters. The van der Waals surface area contributed by atoms with Crippen LogP contribution in [0.5, 0.6) is 0 Å². The molecular weight excluding hydrogens is 232 g/mol. The zero-order valence-corrected chi connectivity index (χ0v) is 11.3. The molecule has 1 N–H and O–H groups in total. The standard InChI is InChI=1S/C13H20N2O3/c1-5-18-12(17)10-6-7-11(14-8-10)15(4)13(2,3)9-16/h6-8,16H,5,9H2,1-4H3. The fourth-order valence-electron chi connectivity index (χ4n) is 1.34. The van der Waals surface area contributed by atoms with E-state index < -0.39 is 5.54 Å². The number of likely N-dealkylation sites (N-methyl/N-ethyl adjacent to an activating group) is 1. The van der Waals surface area contributed by atoms with Gasteiger partial charge in [0.2, 0.25) is 0 Å². The highest BCUT2D eigenvalue weighted by atomic mass is 16.5. The summed E-state index contributed by atoms with van der Waals surface area (Å²) in [6.07, 6.45) is 1.48. The molecule has 0 fully saturated rings. The van der Waals surface area contributed by atoms with E-state index in [4.69, 9.17) is 4.74 Å². The minimum Gasteiger partial charge on any atom is -0.462 e. The maximum atomic E-state index is 11.5. The average Bonchev–Trinajstić information content (AvgIpc) is 2.38. The highest BCUT2D eigenvalue weighted by molar-refractivity contribution is 5.89. The minimum atomic E-state index is -0.404. The summed E-state index contributed by atoms with van der Waals surface area (Å²) >= 11 is 0. The molecule has 0 aliphatic heterocycles. The van der Waals surface area contributed by atoms with Crippen LogP contribution in [0.25, 0.3) is 0 Å². The van der Waals surface area contributed by atoms with Gasteiger partial charge in [-0.2, -0.15) is 0 Å². The van der Waals surface area contributed by atoms with Gasteiger partial charge in [-0.25, -0.2) is 9.78 Å². The lowest BCUT2D eigenvalue weighted by Crippen LogP contribution is -2.44. The van der Waals surface area contributed by atoms with Crippen LogP contribution >= 0.6 is 0 Å². The molecule has 1 aromatic rings. The number of pyridine rings is 1. The highest BCUT2D eigenvalue weighted by Crippen LogP contribution is 2.19. The average molecular weight is 252 g/mol. The number of hydrogen-bond acceptors (Lipinski definition) is 5. The highest BCUT2D eigenvalue weighted by Gasteiger charge is 2.23. The van der Waals surface area contributed by atoms with Crippen molar-refractivity contribution in [2.45, 2.75) is 26.3 Å². The summed E-state index contributed by atoms with van der Waals surface area (Å²) in [5, 5.41) is 9.29. The second-order valence-electron chi connectivity index (χ2n) is 4.66. The van der Waals surface area contributed by atoms with Crippen LogP contribution in [0.15, 0.2) is 18.3 Å². The van der Waals surface area contributed by atoms with Crippen molar-refractivity contribution in [2.75, 3.05) is 25.2 Å². The number of aliphatic hydroxyl groups is 1. The fourth-order valence-corrected chi connectivity index (χ4v) is 1.34. The maximum Gasteiger partial charge on any atom is 0.339 e. The van der Waals surface area contributed by atoms with Gasteiger partial charge in [0.05, 0.1) is 24.3 Å². The zero-order chi connectivity index (χ0) is 13.8. The van der Waals surface area contributed by atoms with Crippen LogP contribution in [0, 0.1) is 0 Å². The van der Waals surface area contributed by atoms with Crippen LogP contribution in [0.3, 0.4) is 0 Å². The number of esters is 1. The molecule has 1 aromatic heterocycles. The van der Waals surface area contributed by atoms with E-state index in [1.807, 2.05) is 25.8 Å². The quantitative estimate of drug-likeness (QED) is 0.804. The van der Waals surface area contributed by atoms with Crippen LogP contribution in [-0.2, 0) is 4.74 Å². The third-order valence-electron chi connectivity index (χ3n) is 2.90. The summed E-state index contributed by atoms with van der Waals surface area (Å²) in [5.41, 5.74) is 0.0223. The Labute approximate surface area is 107 Å². The number of aromatic nitrogens is 1. The Bertz CT molecular complexity index is 401. The Morgan fingerprint density at radius 1 is 1.50 bits per heavy atom. The molecule has 18 heavy (non-hydrogen) atoms.